The van der Waals surface area contributed by atoms with Gasteiger partial charge in [-0.3, -0.25) is 4.79 Å². The molecule has 2 rings (SSSR count). The van der Waals surface area contributed by atoms with Crippen molar-refractivity contribution in [3.05, 3.63) is 23.8 Å². The first-order chi connectivity index (χ1) is 9.62. The molecule has 0 aliphatic carbocycles. The number of aromatic hydroxyl groups is 1. The standard InChI is InChI=1S/C15H20O5/c1-18-12-8-11(20-15(17)9-12)5-3-10-4-6-13(16)14(7-10)19-2/h4,6-7,11-12,16H,3,5,8-9H2,1-2H3. The molecule has 1 N–H and O–H groups in total. The number of ether oxygens (including phenoxy) is 3. The van der Waals surface area contributed by atoms with Crippen LogP contribution in [0.4, 0.5) is 0 Å². The van der Waals surface area contributed by atoms with E-state index in [9.17, 15) is 9.90 Å². The lowest BCUT2D eigenvalue weighted by Gasteiger charge is -2.28. The molecule has 0 bridgehead atoms. The van der Waals surface area contributed by atoms with Gasteiger partial charge < -0.3 is 19.3 Å². The average Bonchev–Trinajstić information content (AvgIpc) is 2.45. The maximum Gasteiger partial charge on any atom is 0.308 e. The van der Waals surface area contributed by atoms with Crippen molar-refractivity contribution in [1.82, 2.24) is 0 Å². The predicted octanol–water partition coefficient (Wildman–Crippen LogP) is 2.05. The number of phenols is 1. The SMILES string of the molecule is COc1cc(CCC2CC(OC)CC(=O)O2)ccc1O. The highest BCUT2D eigenvalue weighted by Gasteiger charge is 2.28. The fraction of sp³-hybridized carbons (Fsp3) is 0.533. The summed E-state index contributed by atoms with van der Waals surface area (Å²) in [5.41, 5.74) is 1.04. The second kappa shape index (κ2) is 6.61. The molecule has 0 spiro atoms. The molecule has 2 unspecified atom stereocenters. The van der Waals surface area contributed by atoms with Crippen molar-refractivity contribution < 1.29 is 24.1 Å². The lowest BCUT2D eigenvalue weighted by atomic mass is 9.99. The van der Waals surface area contributed by atoms with Gasteiger partial charge in [0.2, 0.25) is 0 Å². The first kappa shape index (κ1) is 14.7. The van der Waals surface area contributed by atoms with Crippen LogP contribution in [-0.4, -0.2) is 37.5 Å². The lowest BCUT2D eigenvalue weighted by Crippen LogP contribution is -2.33. The highest BCUT2D eigenvalue weighted by molar-refractivity contribution is 5.71. The summed E-state index contributed by atoms with van der Waals surface area (Å²) in [6, 6.07) is 5.25. The van der Waals surface area contributed by atoms with Crippen molar-refractivity contribution in [3.8, 4) is 11.5 Å². The summed E-state index contributed by atoms with van der Waals surface area (Å²) < 4.78 is 15.6. The zero-order chi connectivity index (χ0) is 14.5. The Labute approximate surface area is 118 Å². The van der Waals surface area contributed by atoms with Crippen molar-refractivity contribution in [2.75, 3.05) is 14.2 Å². The number of phenolic OH excluding ortho intramolecular Hbond substituents is 1. The van der Waals surface area contributed by atoms with Crippen LogP contribution in [0.5, 0.6) is 11.5 Å². The van der Waals surface area contributed by atoms with E-state index in [0.29, 0.717) is 12.2 Å². The second-order valence-electron chi connectivity index (χ2n) is 4.95. The molecular weight excluding hydrogens is 260 g/mol. The van der Waals surface area contributed by atoms with Crippen LogP contribution in [0.3, 0.4) is 0 Å². The van der Waals surface area contributed by atoms with Gasteiger partial charge in [-0.25, -0.2) is 0 Å². The van der Waals surface area contributed by atoms with Gasteiger partial charge in [-0.05, 0) is 30.5 Å². The molecule has 1 heterocycles. The van der Waals surface area contributed by atoms with Gasteiger partial charge in [0.1, 0.15) is 6.10 Å². The van der Waals surface area contributed by atoms with Gasteiger partial charge in [-0.1, -0.05) is 6.07 Å². The minimum Gasteiger partial charge on any atom is -0.504 e. The number of carbonyl (C=O) groups is 1. The van der Waals surface area contributed by atoms with E-state index in [1.807, 2.05) is 6.07 Å². The number of hydrogen-bond acceptors (Lipinski definition) is 5. The van der Waals surface area contributed by atoms with Crippen molar-refractivity contribution in [1.29, 1.82) is 0 Å². The molecule has 2 atom stereocenters. The van der Waals surface area contributed by atoms with Gasteiger partial charge in [0.15, 0.2) is 11.5 Å². The summed E-state index contributed by atoms with van der Waals surface area (Å²) >= 11 is 0. The highest BCUT2D eigenvalue weighted by Crippen LogP contribution is 2.28. The maximum atomic E-state index is 11.4. The van der Waals surface area contributed by atoms with E-state index in [-0.39, 0.29) is 23.9 Å². The molecule has 0 radical (unpaired) electrons. The monoisotopic (exact) mass is 280 g/mol. The molecule has 0 saturated carbocycles. The number of esters is 1. The summed E-state index contributed by atoms with van der Waals surface area (Å²) in [5, 5.41) is 9.54. The third-order valence-corrected chi connectivity index (χ3v) is 3.55. The molecule has 1 aromatic rings. The Morgan fingerprint density at radius 3 is 2.90 bits per heavy atom. The molecule has 1 aromatic carbocycles. The van der Waals surface area contributed by atoms with Crippen molar-refractivity contribution in [2.45, 2.75) is 37.9 Å². The normalized spacial score (nSPS) is 22.4. The van der Waals surface area contributed by atoms with Crippen LogP contribution in [0.2, 0.25) is 0 Å². The van der Waals surface area contributed by atoms with Crippen molar-refractivity contribution in [3.63, 3.8) is 0 Å². The molecule has 1 aliphatic rings. The van der Waals surface area contributed by atoms with Crippen LogP contribution in [0.1, 0.15) is 24.8 Å². The first-order valence-corrected chi connectivity index (χ1v) is 6.70. The van der Waals surface area contributed by atoms with Gasteiger partial charge >= 0.3 is 5.97 Å². The Hall–Kier alpha value is -1.75. The van der Waals surface area contributed by atoms with E-state index in [2.05, 4.69) is 0 Å². The van der Waals surface area contributed by atoms with Crippen LogP contribution in [0.25, 0.3) is 0 Å². The molecule has 5 heteroatoms. The summed E-state index contributed by atoms with van der Waals surface area (Å²) in [6.07, 6.45) is 2.40. The minimum absolute atomic E-state index is 0.0457. The van der Waals surface area contributed by atoms with Crippen molar-refractivity contribution in [2.24, 2.45) is 0 Å². The lowest BCUT2D eigenvalue weighted by molar-refractivity contribution is -0.161. The van der Waals surface area contributed by atoms with E-state index in [1.54, 1.807) is 19.2 Å². The average molecular weight is 280 g/mol. The highest BCUT2D eigenvalue weighted by atomic mass is 16.6. The molecule has 5 nitrogen and oxygen atoms in total. The van der Waals surface area contributed by atoms with Crippen molar-refractivity contribution >= 4 is 5.97 Å². The Morgan fingerprint density at radius 1 is 1.40 bits per heavy atom. The fourth-order valence-electron chi connectivity index (χ4n) is 2.41. The van der Waals surface area contributed by atoms with E-state index in [0.717, 1.165) is 24.8 Å². The largest absolute Gasteiger partial charge is 0.504 e. The maximum absolute atomic E-state index is 11.4. The zero-order valence-electron chi connectivity index (χ0n) is 11.8. The van der Waals surface area contributed by atoms with E-state index >= 15 is 0 Å². The van der Waals surface area contributed by atoms with Crippen LogP contribution in [0, 0.1) is 0 Å². The Balaban J connectivity index is 1.93. The third kappa shape index (κ3) is 3.63. The van der Waals surface area contributed by atoms with Crippen LogP contribution in [-0.2, 0) is 20.7 Å². The second-order valence-corrected chi connectivity index (χ2v) is 4.95. The molecule has 1 aliphatic heterocycles. The summed E-state index contributed by atoms with van der Waals surface area (Å²) in [4.78, 5) is 11.4. The molecule has 1 saturated heterocycles. The molecule has 1 fully saturated rings. The molecule has 0 amide bonds. The predicted molar refractivity (Wildman–Crippen MR) is 72.9 cm³/mol. The minimum atomic E-state index is -0.198. The number of benzene rings is 1. The molecule has 20 heavy (non-hydrogen) atoms. The number of carbonyl (C=O) groups excluding carboxylic acids is 1. The Morgan fingerprint density at radius 2 is 2.20 bits per heavy atom. The zero-order valence-corrected chi connectivity index (χ0v) is 11.8. The number of methoxy groups -OCH3 is 2. The van der Waals surface area contributed by atoms with Gasteiger partial charge in [0, 0.05) is 13.5 Å². The fourth-order valence-corrected chi connectivity index (χ4v) is 2.41. The first-order valence-electron chi connectivity index (χ1n) is 6.70. The van der Waals surface area contributed by atoms with Gasteiger partial charge in [-0.2, -0.15) is 0 Å². The summed E-state index contributed by atoms with van der Waals surface area (Å²) in [7, 11) is 3.14. The van der Waals surface area contributed by atoms with E-state index in [4.69, 9.17) is 14.2 Å². The van der Waals surface area contributed by atoms with Crippen LogP contribution < -0.4 is 4.74 Å². The quantitative estimate of drug-likeness (QED) is 0.836. The topological polar surface area (TPSA) is 65.0 Å². The van der Waals surface area contributed by atoms with Crippen LogP contribution in [0.15, 0.2) is 18.2 Å². The van der Waals surface area contributed by atoms with Gasteiger partial charge in [-0.15, -0.1) is 0 Å². The smallest absolute Gasteiger partial charge is 0.308 e. The number of hydrogen-bond donors (Lipinski definition) is 1. The summed E-state index contributed by atoms with van der Waals surface area (Å²) in [6.45, 7) is 0. The Bertz CT molecular complexity index is 471. The molecular formula is C15H20O5. The number of cyclic esters (lactones) is 1. The van der Waals surface area contributed by atoms with Crippen LogP contribution >= 0.6 is 0 Å². The molecule has 110 valence electrons. The van der Waals surface area contributed by atoms with E-state index < -0.39 is 0 Å². The number of aryl methyl sites for hydroxylation is 1. The third-order valence-electron chi connectivity index (χ3n) is 3.55. The van der Waals surface area contributed by atoms with Gasteiger partial charge in [0.05, 0.1) is 19.6 Å². The summed E-state index contributed by atoms with van der Waals surface area (Å²) in [5.74, 6) is 0.383. The Kier molecular flexibility index (Phi) is 4.84. The number of rotatable bonds is 5. The van der Waals surface area contributed by atoms with Gasteiger partial charge in [0.25, 0.3) is 0 Å². The van der Waals surface area contributed by atoms with E-state index in [1.165, 1.54) is 7.11 Å². The molecule has 0 aromatic heterocycles.